The summed E-state index contributed by atoms with van der Waals surface area (Å²) in [7, 11) is 0. The molecule has 0 aliphatic carbocycles. The molecule has 10 rings (SSSR count). The van der Waals surface area contributed by atoms with Crippen LogP contribution in [0.3, 0.4) is 0 Å². The average molecular weight is 784 g/mol. The molecule has 0 aliphatic heterocycles. The summed E-state index contributed by atoms with van der Waals surface area (Å²) < 4.78 is 5.16. The van der Waals surface area contributed by atoms with Crippen molar-refractivity contribution < 1.29 is 20.1 Å². The summed E-state index contributed by atoms with van der Waals surface area (Å²) in [6.45, 7) is 2.07. The minimum Gasteiger partial charge on any atom is -0.348 e. The smallest absolute Gasteiger partial charge is 0.0634 e. The maximum absolute atomic E-state index is 4.64. The largest absolute Gasteiger partial charge is 0.348 e. The molecular formula is C41H25IrN3S-2. The van der Waals surface area contributed by atoms with E-state index >= 15 is 0 Å². The number of para-hydroxylation sites is 1. The molecule has 0 amide bonds. The Hall–Kier alpha value is -4.93. The van der Waals surface area contributed by atoms with Crippen LogP contribution in [0.25, 0.3) is 80.8 Å². The van der Waals surface area contributed by atoms with Crippen molar-refractivity contribution in [3.05, 3.63) is 151 Å². The number of thiophene rings is 1. The van der Waals surface area contributed by atoms with Gasteiger partial charge in [-0.15, -0.1) is 71.0 Å². The molecule has 1 radical (unpaired) electrons. The van der Waals surface area contributed by atoms with Gasteiger partial charge in [0.25, 0.3) is 0 Å². The SMILES string of the molecule is Cc1ccc(-c2[c-]cc3c(c2)c2cccc4c5ccc6c7ccccc7sc6c5n3c24)nc1.[Ir].[c-]1ccccc1-c1ccccn1. The molecule has 5 heterocycles. The molecule has 0 saturated heterocycles. The zero-order valence-corrected chi connectivity index (χ0v) is 28.0. The van der Waals surface area contributed by atoms with E-state index in [1.165, 1.54) is 63.8 Å². The summed E-state index contributed by atoms with van der Waals surface area (Å²) in [6.07, 6.45) is 3.71. The topological polar surface area (TPSA) is 30.2 Å². The maximum Gasteiger partial charge on any atom is 0.0634 e. The van der Waals surface area contributed by atoms with Gasteiger partial charge in [0.05, 0.1) is 15.7 Å². The van der Waals surface area contributed by atoms with Gasteiger partial charge in [0.1, 0.15) is 0 Å². The van der Waals surface area contributed by atoms with Crippen molar-refractivity contribution in [2.24, 2.45) is 0 Å². The van der Waals surface area contributed by atoms with Crippen LogP contribution in [0.1, 0.15) is 5.56 Å². The van der Waals surface area contributed by atoms with Gasteiger partial charge in [-0.25, -0.2) is 0 Å². The summed E-state index contributed by atoms with van der Waals surface area (Å²) in [6, 6.07) is 49.0. The van der Waals surface area contributed by atoms with Gasteiger partial charge >= 0.3 is 0 Å². The zero-order valence-electron chi connectivity index (χ0n) is 24.8. The van der Waals surface area contributed by atoms with Crippen molar-refractivity contribution >= 4 is 69.6 Å². The van der Waals surface area contributed by atoms with E-state index in [0.29, 0.717) is 0 Å². The van der Waals surface area contributed by atoms with Gasteiger partial charge in [-0.1, -0.05) is 78.2 Å². The van der Waals surface area contributed by atoms with Crippen molar-refractivity contribution in [2.75, 3.05) is 0 Å². The zero-order chi connectivity index (χ0) is 29.9. The molecule has 0 atom stereocenters. The molecule has 5 aromatic carbocycles. The number of pyridine rings is 2. The molecule has 46 heavy (non-hydrogen) atoms. The molecule has 0 bridgehead atoms. The summed E-state index contributed by atoms with van der Waals surface area (Å²) in [5.74, 6) is 0. The first-order chi connectivity index (χ1) is 22.2. The molecule has 10 aromatic rings. The fraction of sp³-hybridized carbons (Fsp3) is 0.0244. The number of rotatable bonds is 2. The van der Waals surface area contributed by atoms with Crippen LogP contribution >= 0.6 is 11.3 Å². The normalized spacial score (nSPS) is 11.4. The molecule has 0 unspecified atom stereocenters. The average Bonchev–Trinajstić information content (AvgIpc) is 3.76. The van der Waals surface area contributed by atoms with Gasteiger partial charge in [0, 0.05) is 58.7 Å². The molecule has 0 aliphatic rings. The van der Waals surface area contributed by atoms with Gasteiger partial charge in [0.2, 0.25) is 0 Å². The van der Waals surface area contributed by atoms with Gasteiger partial charge < -0.3 is 14.4 Å². The van der Waals surface area contributed by atoms with E-state index in [1.807, 2.05) is 60.0 Å². The third-order valence-corrected chi connectivity index (χ3v) is 9.78. The monoisotopic (exact) mass is 784 g/mol. The maximum atomic E-state index is 4.64. The second-order valence-electron chi connectivity index (χ2n) is 11.3. The van der Waals surface area contributed by atoms with Gasteiger partial charge in [-0.05, 0) is 46.9 Å². The Labute approximate surface area is 283 Å². The number of aryl methyl sites for hydroxylation is 1. The molecular weight excluding hydrogens is 759 g/mol. The van der Waals surface area contributed by atoms with Crippen LogP contribution in [-0.4, -0.2) is 14.4 Å². The van der Waals surface area contributed by atoms with Crippen LogP contribution in [0.5, 0.6) is 0 Å². The number of hydrogen-bond donors (Lipinski definition) is 0. The van der Waals surface area contributed by atoms with Crippen LogP contribution in [-0.2, 0) is 20.1 Å². The molecule has 5 heteroatoms. The third kappa shape index (κ3) is 4.51. The predicted molar refractivity (Wildman–Crippen MR) is 189 cm³/mol. The Bertz CT molecular complexity index is 2600. The van der Waals surface area contributed by atoms with E-state index < -0.39 is 0 Å². The third-order valence-electron chi connectivity index (χ3n) is 8.59. The Kier molecular flexibility index (Phi) is 7.11. The predicted octanol–water partition coefficient (Wildman–Crippen LogP) is 10.9. The first kappa shape index (κ1) is 28.5. The number of benzene rings is 5. The van der Waals surface area contributed by atoms with E-state index in [1.54, 1.807) is 6.20 Å². The van der Waals surface area contributed by atoms with E-state index in [0.717, 1.165) is 22.5 Å². The van der Waals surface area contributed by atoms with E-state index in [9.17, 15) is 0 Å². The second kappa shape index (κ2) is 11.5. The standard InChI is InChI=1S/C30H17N2S.C11H8N.Ir/c1-17-9-13-25(31-16-17)18-10-14-26-24(15-18)21-7-4-6-20-22-11-12-23-19-5-2-3-8-27(19)33-30(23)29(22)32(26)28(20)21;1-2-6-10(7-3-1)11-8-4-5-9-12-11;/h2-9,11-16H,1H3;1-6,8-9H;/q2*-1;. The summed E-state index contributed by atoms with van der Waals surface area (Å²) in [5.41, 5.74) is 8.99. The van der Waals surface area contributed by atoms with Crippen LogP contribution in [0.2, 0.25) is 0 Å². The number of hydrogen-bond acceptors (Lipinski definition) is 3. The fourth-order valence-corrected chi connectivity index (χ4v) is 7.76. The molecule has 0 fully saturated rings. The van der Waals surface area contributed by atoms with Crippen LogP contribution in [0.15, 0.2) is 134 Å². The van der Waals surface area contributed by atoms with Crippen molar-refractivity contribution in [3.63, 3.8) is 0 Å². The molecule has 0 N–H and O–H groups in total. The van der Waals surface area contributed by atoms with Gasteiger partial charge in [0.15, 0.2) is 0 Å². The van der Waals surface area contributed by atoms with E-state index in [4.69, 9.17) is 0 Å². The Morgan fingerprint density at radius 1 is 0.609 bits per heavy atom. The van der Waals surface area contributed by atoms with Crippen molar-refractivity contribution in [2.45, 2.75) is 6.92 Å². The van der Waals surface area contributed by atoms with Gasteiger partial charge in [-0.3, -0.25) is 0 Å². The van der Waals surface area contributed by atoms with Crippen LogP contribution in [0, 0.1) is 19.1 Å². The van der Waals surface area contributed by atoms with Crippen molar-refractivity contribution in [1.82, 2.24) is 14.4 Å². The number of aromatic nitrogens is 3. The minimum absolute atomic E-state index is 0. The Morgan fingerprint density at radius 2 is 1.37 bits per heavy atom. The Balaban J connectivity index is 0.000000204. The van der Waals surface area contributed by atoms with E-state index in [-0.39, 0.29) is 20.1 Å². The van der Waals surface area contributed by atoms with E-state index in [2.05, 4.69) is 112 Å². The first-order valence-corrected chi connectivity index (χ1v) is 15.8. The molecule has 221 valence electrons. The van der Waals surface area contributed by atoms with Crippen LogP contribution in [0.4, 0.5) is 0 Å². The minimum atomic E-state index is 0. The quantitative estimate of drug-likeness (QED) is 0.164. The molecule has 3 nitrogen and oxygen atoms in total. The molecule has 0 saturated carbocycles. The molecule has 0 spiro atoms. The molecule has 5 aromatic heterocycles. The summed E-state index contributed by atoms with van der Waals surface area (Å²) in [5, 5.41) is 7.85. The summed E-state index contributed by atoms with van der Waals surface area (Å²) in [4.78, 5) is 8.86. The second-order valence-corrected chi connectivity index (χ2v) is 12.4. The number of fused-ring (bicyclic) bond motifs is 10. The summed E-state index contributed by atoms with van der Waals surface area (Å²) >= 11 is 1.89. The fourth-order valence-electron chi connectivity index (χ4n) is 6.52. The number of nitrogens with zero attached hydrogens (tertiary/aromatic N) is 3. The Morgan fingerprint density at radius 3 is 2.17 bits per heavy atom. The van der Waals surface area contributed by atoms with Gasteiger partial charge in [-0.2, -0.15) is 0 Å². The van der Waals surface area contributed by atoms with Crippen LogP contribution < -0.4 is 0 Å². The van der Waals surface area contributed by atoms with Crippen molar-refractivity contribution in [3.8, 4) is 22.5 Å². The van der Waals surface area contributed by atoms with Crippen molar-refractivity contribution in [1.29, 1.82) is 0 Å². The first-order valence-electron chi connectivity index (χ1n) is 15.0.